The predicted molar refractivity (Wildman–Crippen MR) is 74.8 cm³/mol. The molecule has 2 aromatic rings. The van der Waals surface area contributed by atoms with Crippen LogP contribution in [0.5, 0.6) is 0 Å². The van der Waals surface area contributed by atoms with Crippen molar-refractivity contribution >= 4 is 21.7 Å². The van der Waals surface area contributed by atoms with Crippen molar-refractivity contribution in [3.8, 4) is 0 Å². The molecule has 0 aliphatic heterocycles. The van der Waals surface area contributed by atoms with Crippen LogP contribution in [0.3, 0.4) is 0 Å². The molecule has 2 rings (SSSR count). The van der Waals surface area contributed by atoms with E-state index in [9.17, 15) is 4.79 Å². The third-order valence-electron chi connectivity index (χ3n) is 2.80. The van der Waals surface area contributed by atoms with E-state index in [1.807, 2.05) is 42.9 Å². The molecular formula is C14H15BrN2O. The highest BCUT2D eigenvalue weighted by Gasteiger charge is 2.12. The lowest BCUT2D eigenvalue weighted by Crippen LogP contribution is -2.04. The van der Waals surface area contributed by atoms with E-state index in [4.69, 9.17) is 0 Å². The number of carbonyl (C=O) groups excluding carboxylic acids is 1. The molecule has 0 aliphatic rings. The molecule has 0 spiro atoms. The van der Waals surface area contributed by atoms with Crippen LogP contribution in [-0.4, -0.2) is 15.6 Å². The summed E-state index contributed by atoms with van der Waals surface area (Å²) >= 11 is 3.42. The molecule has 0 atom stereocenters. The van der Waals surface area contributed by atoms with Crippen LogP contribution in [0.15, 0.2) is 35.1 Å². The summed E-state index contributed by atoms with van der Waals surface area (Å²) in [4.78, 5) is 12.2. The Hall–Kier alpha value is -1.42. The zero-order valence-electron chi connectivity index (χ0n) is 10.5. The summed E-state index contributed by atoms with van der Waals surface area (Å²) in [5.74, 6) is 0.112. The highest BCUT2D eigenvalue weighted by atomic mass is 79.9. The van der Waals surface area contributed by atoms with E-state index >= 15 is 0 Å². The Labute approximate surface area is 115 Å². The van der Waals surface area contributed by atoms with Crippen LogP contribution in [0.4, 0.5) is 0 Å². The van der Waals surface area contributed by atoms with Gasteiger partial charge in [-0.2, -0.15) is 5.10 Å². The van der Waals surface area contributed by atoms with E-state index in [1.165, 1.54) is 0 Å². The molecule has 0 saturated carbocycles. The molecule has 18 heavy (non-hydrogen) atoms. The van der Waals surface area contributed by atoms with Crippen molar-refractivity contribution in [2.24, 2.45) is 0 Å². The fourth-order valence-corrected chi connectivity index (χ4v) is 2.27. The molecule has 1 aromatic heterocycles. The Morgan fingerprint density at radius 2 is 2.22 bits per heavy atom. The van der Waals surface area contributed by atoms with E-state index in [1.54, 1.807) is 6.20 Å². The van der Waals surface area contributed by atoms with Crippen LogP contribution in [0.1, 0.15) is 28.4 Å². The summed E-state index contributed by atoms with van der Waals surface area (Å²) in [6.45, 7) is 4.83. The Kier molecular flexibility index (Phi) is 3.97. The van der Waals surface area contributed by atoms with Crippen molar-refractivity contribution in [3.63, 3.8) is 0 Å². The van der Waals surface area contributed by atoms with Gasteiger partial charge in [0.05, 0.1) is 6.20 Å². The number of Topliss-reactive ketones (excluding diaryl/α,β-unsaturated/α-hetero) is 1. The minimum atomic E-state index is 0.112. The van der Waals surface area contributed by atoms with E-state index < -0.39 is 0 Å². The third-order valence-corrected chi connectivity index (χ3v) is 3.49. The van der Waals surface area contributed by atoms with Crippen molar-refractivity contribution in [2.45, 2.75) is 26.8 Å². The molecule has 0 amide bonds. The number of hydrogen-bond acceptors (Lipinski definition) is 2. The zero-order valence-corrected chi connectivity index (χ0v) is 12.1. The second-order valence-corrected chi connectivity index (χ2v) is 5.14. The van der Waals surface area contributed by atoms with Crippen LogP contribution in [-0.2, 0) is 13.0 Å². The molecule has 4 heteroatoms. The molecule has 0 N–H and O–H groups in total. The molecule has 1 aromatic carbocycles. The number of carbonyl (C=O) groups is 1. The maximum atomic E-state index is 12.2. The molecule has 0 unspecified atom stereocenters. The second kappa shape index (κ2) is 5.48. The van der Waals surface area contributed by atoms with Crippen LogP contribution in [0, 0.1) is 6.92 Å². The lowest BCUT2D eigenvalue weighted by molar-refractivity contribution is 0.0992. The van der Waals surface area contributed by atoms with E-state index in [0.717, 1.165) is 27.7 Å². The molecule has 3 nitrogen and oxygen atoms in total. The van der Waals surface area contributed by atoms with Crippen molar-refractivity contribution < 1.29 is 4.79 Å². The van der Waals surface area contributed by atoms with Crippen LogP contribution < -0.4 is 0 Å². The SMILES string of the molecule is CCn1cc(CC(=O)c2cc(C)ccc2Br)cn1. The summed E-state index contributed by atoms with van der Waals surface area (Å²) in [6, 6.07) is 5.81. The summed E-state index contributed by atoms with van der Waals surface area (Å²) in [6.07, 6.45) is 4.06. The fraction of sp³-hybridized carbons (Fsp3) is 0.286. The van der Waals surface area contributed by atoms with Gasteiger partial charge in [0.2, 0.25) is 0 Å². The highest BCUT2D eigenvalue weighted by Crippen LogP contribution is 2.20. The molecule has 0 fully saturated rings. The number of nitrogens with zero attached hydrogens (tertiary/aromatic N) is 2. The van der Waals surface area contributed by atoms with Crippen molar-refractivity contribution in [3.05, 3.63) is 51.8 Å². The van der Waals surface area contributed by atoms with Gasteiger partial charge in [-0.1, -0.05) is 27.6 Å². The van der Waals surface area contributed by atoms with Gasteiger partial charge in [-0.05, 0) is 31.5 Å². The first-order valence-electron chi connectivity index (χ1n) is 5.91. The first kappa shape index (κ1) is 13.0. The van der Waals surface area contributed by atoms with Gasteiger partial charge in [-0.25, -0.2) is 0 Å². The number of benzene rings is 1. The lowest BCUT2D eigenvalue weighted by atomic mass is 10.0. The molecule has 0 saturated heterocycles. The standard InChI is InChI=1S/C14H15BrN2O/c1-3-17-9-11(8-16-17)7-14(18)12-6-10(2)4-5-13(12)15/h4-6,8-9H,3,7H2,1-2H3. The van der Waals surface area contributed by atoms with E-state index in [0.29, 0.717) is 6.42 Å². The van der Waals surface area contributed by atoms with Gasteiger partial charge in [0.1, 0.15) is 0 Å². The van der Waals surface area contributed by atoms with Crippen LogP contribution in [0.25, 0.3) is 0 Å². The monoisotopic (exact) mass is 306 g/mol. The zero-order chi connectivity index (χ0) is 13.1. The second-order valence-electron chi connectivity index (χ2n) is 4.29. The number of hydrogen-bond donors (Lipinski definition) is 0. The Morgan fingerprint density at radius 3 is 2.89 bits per heavy atom. The van der Waals surface area contributed by atoms with Crippen LogP contribution >= 0.6 is 15.9 Å². The Bertz CT molecular complexity index is 575. The maximum absolute atomic E-state index is 12.2. The first-order chi connectivity index (χ1) is 8.60. The molecule has 94 valence electrons. The highest BCUT2D eigenvalue weighted by molar-refractivity contribution is 9.10. The minimum absolute atomic E-state index is 0.112. The quantitative estimate of drug-likeness (QED) is 0.812. The number of rotatable bonds is 4. The van der Waals surface area contributed by atoms with Crippen molar-refractivity contribution in [2.75, 3.05) is 0 Å². The fourth-order valence-electron chi connectivity index (χ4n) is 1.80. The average molecular weight is 307 g/mol. The minimum Gasteiger partial charge on any atom is -0.294 e. The number of ketones is 1. The van der Waals surface area contributed by atoms with Crippen molar-refractivity contribution in [1.29, 1.82) is 0 Å². The summed E-state index contributed by atoms with van der Waals surface area (Å²) in [7, 11) is 0. The van der Waals surface area contributed by atoms with Gasteiger partial charge >= 0.3 is 0 Å². The van der Waals surface area contributed by atoms with Gasteiger partial charge in [0.25, 0.3) is 0 Å². The van der Waals surface area contributed by atoms with Gasteiger partial charge in [-0.15, -0.1) is 0 Å². The summed E-state index contributed by atoms with van der Waals surface area (Å²) < 4.78 is 2.68. The number of aryl methyl sites for hydroxylation is 2. The molecule has 0 aliphatic carbocycles. The predicted octanol–water partition coefficient (Wildman–Crippen LogP) is 3.40. The lowest BCUT2D eigenvalue weighted by Gasteiger charge is -2.04. The third kappa shape index (κ3) is 2.88. The molecule has 1 heterocycles. The van der Waals surface area contributed by atoms with Gasteiger partial charge in [-0.3, -0.25) is 9.48 Å². The summed E-state index contributed by atoms with van der Waals surface area (Å²) in [5.41, 5.74) is 2.78. The number of aromatic nitrogens is 2. The molecule has 0 bridgehead atoms. The largest absolute Gasteiger partial charge is 0.294 e. The van der Waals surface area contributed by atoms with E-state index in [2.05, 4.69) is 21.0 Å². The van der Waals surface area contributed by atoms with E-state index in [-0.39, 0.29) is 5.78 Å². The first-order valence-corrected chi connectivity index (χ1v) is 6.70. The van der Waals surface area contributed by atoms with Crippen molar-refractivity contribution in [1.82, 2.24) is 9.78 Å². The van der Waals surface area contributed by atoms with Gasteiger partial charge < -0.3 is 0 Å². The Morgan fingerprint density at radius 1 is 1.44 bits per heavy atom. The molecular weight excluding hydrogens is 292 g/mol. The Balaban J connectivity index is 2.19. The number of halogens is 1. The smallest absolute Gasteiger partial charge is 0.168 e. The summed E-state index contributed by atoms with van der Waals surface area (Å²) in [5, 5.41) is 4.17. The van der Waals surface area contributed by atoms with Gasteiger partial charge in [0, 0.05) is 29.2 Å². The maximum Gasteiger partial charge on any atom is 0.168 e. The van der Waals surface area contributed by atoms with Crippen LogP contribution in [0.2, 0.25) is 0 Å². The molecule has 0 radical (unpaired) electrons. The topological polar surface area (TPSA) is 34.9 Å². The normalized spacial score (nSPS) is 10.6. The average Bonchev–Trinajstić information content (AvgIpc) is 2.80. The van der Waals surface area contributed by atoms with Gasteiger partial charge in [0.15, 0.2) is 5.78 Å².